The molecule has 1 fully saturated rings. The van der Waals surface area contributed by atoms with Crippen LogP contribution in [0.5, 0.6) is 0 Å². The van der Waals surface area contributed by atoms with Gasteiger partial charge in [-0.1, -0.05) is 24.3 Å². The van der Waals surface area contributed by atoms with Crippen LogP contribution in [0.4, 0.5) is 0 Å². The molecule has 1 saturated heterocycles. The lowest BCUT2D eigenvalue weighted by Gasteiger charge is -2.27. The first-order valence-electron chi connectivity index (χ1n) is 7.00. The zero-order valence-electron chi connectivity index (χ0n) is 12.8. The van der Waals surface area contributed by atoms with Gasteiger partial charge in [-0.15, -0.1) is 24.0 Å². The molecule has 0 atom stereocenters. The first-order valence-corrected chi connectivity index (χ1v) is 7.00. The van der Waals surface area contributed by atoms with E-state index in [9.17, 15) is 0 Å². The van der Waals surface area contributed by atoms with Gasteiger partial charge < -0.3 is 20.3 Å². The fraction of sp³-hybridized carbons (Fsp3) is 0.533. The van der Waals surface area contributed by atoms with Crippen LogP contribution in [0.2, 0.25) is 0 Å². The predicted octanol–water partition coefficient (Wildman–Crippen LogP) is 1.51. The highest BCUT2D eigenvalue weighted by molar-refractivity contribution is 14.0. The predicted molar refractivity (Wildman–Crippen MR) is 97.0 cm³/mol. The molecule has 2 rings (SSSR count). The second-order valence-electron chi connectivity index (χ2n) is 5.33. The molecule has 0 amide bonds. The third-order valence-corrected chi connectivity index (χ3v) is 3.25. The van der Waals surface area contributed by atoms with Crippen molar-refractivity contribution in [2.24, 2.45) is 10.7 Å². The van der Waals surface area contributed by atoms with Crippen LogP contribution in [0, 0.1) is 0 Å². The third-order valence-electron chi connectivity index (χ3n) is 3.25. The van der Waals surface area contributed by atoms with Crippen molar-refractivity contribution in [1.82, 2.24) is 9.80 Å². The van der Waals surface area contributed by atoms with Gasteiger partial charge in [-0.2, -0.15) is 0 Å². The molecule has 5 nitrogen and oxygen atoms in total. The summed E-state index contributed by atoms with van der Waals surface area (Å²) in [6.07, 6.45) is 0. The molecule has 0 spiro atoms. The molecule has 1 aliphatic heterocycles. The molecule has 1 aliphatic rings. The number of benzene rings is 1. The normalized spacial score (nSPS) is 16.0. The molecule has 1 aromatic rings. The van der Waals surface area contributed by atoms with Gasteiger partial charge in [-0.25, -0.2) is 4.99 Å². The highest BCUT2D eigenvalue weighted by Crippen LogP contribution is 2.08. The number of aliphatic imine (C=N–C) groups is 1. The molecule has 1 aromatic carbocycles. The van der Waals surface area contributed by atoms with Crippen LogP contribution in [0.15, 0.2) is 29.3 Å². The van der Waals surface area contributed by atoms with E-state index in [-0.39, 0.29) is 24.0 Å². The van der Waals surface area contributed by atoms with E-state index in [1.54, 1.807) is 0 Å². The van der Waals surface area contributed by atoms with Gasteiger partial charge >= 0.3 is 0 Å². The van der Waals surface area contributed by atoms with Crippen LogP contribution in [0.25, 0.3) is 0 Å². The van der Waals surface area contributed by atoms with Gasteiger partial charge in [0, 0.05) is 19.6 Å². The Morgan fingerprint density at radius 3 is 2.62 bits per heavy atom. The average Bonchev–Trinajstić information content (AvgIpc) is 2.45. The molecule has 118 valence electrons. The topological polar surface area (TPSA) is 54.1 Å². The van der Waals surface area contributed by atoms with Crippen molar-refractivity contribution in [3.8, 4) is 0 Å². The Hall–Kier alpha value is -0.860. The van der Waals surface area contributed by atoms with Crippen molar-refractivity contribution in [2.75, 3.05) is 40.4 Å². The van der Waals surface area contributed by atoms with E-state index in [1.165, 1.54) is 11.1 Å². The van der Waals surface area contributed by atoms with Gasteiger partial charge in [0.2, 0.25) is 0 Å². The lowest BCUT2D eigenvalue weighted by Crippen LogP contribution is -2.44. The van der Waals surface area contributed by atoms with E-state index < -0.39 is 0 Å². The molecule has 0 aliphatic carbocycles. The Morgan fingerprint density at radius 1 is 1.29 bits per heavy atom. The van der Waals surface area contributed by atoms with E-state index >= 15 is 0 Å². The Morgan fingerprint density at radius 2 is 1.95 bits per heavy atom. The molecular weight excluding hydrogens is 379 g/mol. The molecule has 1 heterocycles. The first-order chi connectivity index (χ1) is 9.65. The van der Waals surface area contributed by atoms with Crippen molar-refractivity contribution in [3.63, 3.8) is 0 Å². The smallest absolute Gasteiger partial charge is 0.191 e. The van der Waals surface area contributed by atoms with Gasteiger partial charge in [0.05, 0.1) is 19.8 Å². The minimum atomic E-state index is 0. The van der Waals surface area contributed by atoms with Crippen LogP contribution in [0.3, 0.4) is 0 Å². The van der Waals surface area contributed by atoms with Crippen LogP contribution in [0.1, 0.15) is 11.1 Å². The Labute approximate surface area is 144 Å². The van der Waals surface area contributed by atoms with Gasteiger partial charge in [0.1, 0.15) is 0 Å². The summed E-state index contributed by atoms with van der Waals surface area (Å²) in [4.78, 5) is 8.72. The van der Waals surface area contributed by atoms with E-state index in [4.69, 9.17) is 10.5 Å². The number of rotatable bonds is 4. The number of halogens is 1. The Balaban J connectivity index is 0.00000220. The van der Waals surface area contributed by atoms with E-state index in [0.29, 0.717) is 12.5 Å². The van der Waals surface area contributed by atoms with E-state index in [1.807, 2.05) is 0 Å². The van der Waals surface area contributed by atoms with Crippen molar-refractivity contribution >= 4 is 29.9 Å². The minimum absolute atomic E-state index is 0. The summed E-state index contributed by atoms with van der Waals surface area (Å²) < 4.78 is 5.31. The number of hydrogen-bond acceptors (Lipinski definition) is 3. The van der Waals surface area contributed by atoms with E-state index in [2.05, 4.69) is 53.2 Å². The Bertz CT molecular complexity index is 459. The quantitative estimate of drug-likeness (QED) is 0.470. The zero-order valence-corrected chi connectivity index (χ0v) is 15.1. The highest BCUT2D eigenvalue weighted by Gasteiger charge is 2.11. The summed E-state index contributed by atoms with van der Waals surface area (Å²) >= 11 is 0. The number of morpholine rings is 1. The van der Waals surface area contributed by atoms with Crippen LogP contribution >= 0.6 is 24.0 Å². The molecule has 0 aromatic heterocycles. The largest absolute Gasteiger partial charge is 0.378 e. The second-order valence-corrected chi connectivity index (χ2v) is 5.33. The molecule has 0 unspecified atom stereocenters. The monoisotopic (exact) mass is 404 g/mol. The summed E-state index contributed by atoms with van der Waals surface area (Å²) in [7, 11) is 4.14. The summed E-state index contributed by atoms with van der Waals surface area (Å²) in [5.74, 6) is 0.617. The average molecular weight is 404 g/mol. The van der Waals surface area contributed by atoms with Gasteiger partial charge in [-0.3, -0.25) is 0 Å². The molecule has 0 radical (unpaired) electrons. The zero-order chi connectivity index (χ0) is 14.4. The summed E-state index contributed by atoms with van der Waals surface area (Å²) in [6.45, 7) is 4.69. The summed E-state index contributed by atoms with van der Waals surface area (Å²) in [6, 6.07) is 8.50. The van der Waals surface area contributed by atoms with Crippen molar-refractivity contribution in [1.29, 1.82) is 0 Å². The standard InChI is InChI=1S/C15H24N4O.HI/c1-18(2)12-14-5-3-4-13(10-14)11-17-15(16)19-6-8-20-9-7-19;/h3-5,10H,6-9,11-12H2,1-2H3,(H2,16,17);1H. The summed E-state index contributed by atoms with van der Waals surface area (Å²) in [5, 5.41) is 0. The highest BCUT2D eigenvalue weighted by atomic mass is 127. The lowest BCUT2D eigenvalue weighted by molar-refractivity contribution is 0.0674. The molecule has 2 N–H and O–H groups in total. The number of ether oxygens (including phenoxy) is 1. The third kappa shape index (κ3) is 6.19. The fourth-order valence-electron chi connectivity index (χ4n) is 2.26. The molecule has 6 heteroatoms. The van der Waals surface area contributed by atoms with E-state index in [0.717, 1.165) is 32.8 Å². The van der Waals surface area contributed by atoms with Gasteiger partial charge in [0.25, 0.3) is 0 Å². The fourth-order valence-corrected chi connectivity index (χ4v) is 2.26. The number of nitrogens with zero attached hydrogens (tertiary/aromatic N) is 3. The maximum absolute atomic E-state index is 6.03. The summed E-state index contributed by atoms with van der Waals surface area (Å²) in [5.41, 5.74) is 8.52. The van der Waals surface area contributed by atoms with Crippen LogP contribution in [-0.2, 0) is 17.8 Å². The molecule has 21 heavy (non-hydrogen) atoms. The van der Waals surface area contributed by atoms with Crippen LogP contribution in [-0.4, -0.2) is 56.2 Å². The van der Waals surface area contributed by atoms with Crippen molar-refractivity contribution in [3.05, 3.63) is 35.4 Å². The number of nitrogens with two attached hydrogens (primary N) is 1. The number of hydrogen-bond donors (Lipinski definition) is 1. The molecule has 0 bridgehead atoms. The SMILES string of the molecule is CN(C)Cc1cccc(CN=C(N)N2CCOCC2)c1.I. The van der Waals surface area contributed by atoms with Crippen molar-refractivity contribution < 1.29 is 4.74 Å². The maximum Gasteiger partial charge on any atom is 0.191 e. The minimum Gasteiger partial charge on any atom is -0.378 e. The molecule has 0 saturated carbocycles. The molecular formula is C15H25IN4O. The van der Waals surface area contributed by atoms with Crippen molar-refractivity contribution in [2.45, 2.75) is 13.1 Å². The van der Waals surface area contributed by atoms with Gasteiger partial charge in [0.15, 0.2) is 5.96 Å². The number of guanidine groups is 1. The first kappa shape index (κ1) is 18.2. The van der Waals surface area contributed by atoms with Crippen LogP contribution < -0.4 is 5.73 Å². The maximum atomic E-state index is 6.03. The Kier molecular flexibility index (Phi) is 7.98. The van der Waals surface area contributed by atoms with Gasteiger partial charge in [-0.05, 0) is 25.2 Å². The lowest BCUT2D eigenvalue weighted by atomic mass is 10.1. The second kappa shape index (κ2) is 9.22.